The van der Waals surface area contributed by atoms with Crippen LogP contribution in [0.2, 0.25) is 0 Å². The van der Waals surface area contributed by atoms with Crippen LogP contribution < -0.4 is 10.6 Å². The minimum absolute atomic E-state index is 0.156. The Balaban J connectivity index is 1.63. The molecule has 0 aliphatic heterocycles. The molecule has 30 heavy (non-hydrogen) atoms. The molecule has 0 unspecified atom stereocenters. The molecular formula is C22H16N6O2. The van der Waals surface area contributed by atoms with Crippen molar-refractivity contribution in [1.82, 2.24) is 19.9 Å². The highest BCUT2D eigenvalue weighted by atomic mass is 16.2. The highest BCUT2D eigenvalue weighted by Crippen LogP contribution is 2.25. The second kappa shape index (κ2) is 7.85. The number of aromatic nitrogens is 3. The molecule has 2 amide bonds. The number of hydrogen-bond donors (Lipinski definition) is 2. The van der Waals surface area contributed by atoms with Crippen LogP contribution in [-0.2, 0) is 0 Å². The van der Waals surface area contributed by atoms with Gasteiger partial charge in [-0.3, -0.25) is 9.59 Å². The first-order valence-corrected chi connectivity index (χ1v) is 9.06. The molecule has 0 aliphatic carbocycles. The van der Waals surface area contributed by atoms with Gasteiger partial charge >= 0.3 is 0 Å². The fourth-order valence-electron chi connectivity index (χ4n) is 3.01. The van der Waals surface area contributed by atoms with Crippen molar-refractivity contribution in [2.75, 3.05) is 12.4 Å². The van der Waals surface area contributed by atoms with Gasteiger partial charge in [0, 0.05) is 36.1 Å². The standard InChI is InChI=1S/C22H16N6O2/c1-24-21(29)16-5-3-15(4-6-16)18-13-26-28-9-8-17(10-19(18)28)22(30)27-20-7-2-14(11-23)12-25-20/h2-10,12-13H,1H3,(H,24,29)(H,25,27,30). The summed E-state index contributed by atoms with van der Waals surface area (Å²) in [6.45, 7) is 0. The van der Waals surface area contributed by atoms with Crippen molar-refractivity contribution >= 4 is 23.1 Å². The minimum atomic E-state index is -0.322. The van der Waals surface area contributed by atoms with E-state index in [0.29, 0.717) is 22.5 Å². The average molecular weight is 396 g/mol. The van der Waals surface area contributed by atoms with Crippen LogP contribution in [0.3, 0.4) is 0 Å². The molecule has 0 saturated heterocycles. The summed E-state index contributed by atoms with van der Waals surface area (Å²) < 4.78 is 1.68. The number of rotatable bonds is 4. The summed E-state index contributed by atoms with van der Waals surface area (Å²) in [5.74, 6) is -0.119. The van der Waals surface area contributed by atoms with E-state index in [2.05, 4.69) is 20.7 Å². The Morgan fingerprint density at radius 2 is 1.80 bits per heavy atom. The Morgan fingerprint density at radius 3 is 2.47 bits per heavy atom. The second-order valence-corrected chi connectivity index (χ2v) is 6.46. The number of fused-ring (bicyclic) bond motifs is 1. The lowest BCUT2D eigenvalue weighted by molar-refractivity contribution is 0.0962. The molecule has 146 valence electrons. The van der Waals surface area contributed by atoms with E-state index in [1.807, 2.05) is 18.2 Å². The maximum Gasteiger partial charge on any atom is 0.256 e. The first-order chi connectivity index (χ1) is 14.6. The van der Waals surface area contributed by atoms with E-state index >= 15 is 0 Å². The molecule has 3 heterocycles. The number of nitrogens with zero attached hydrogens (tertiary/aromatic N) is 4. The highest BCUT2D eigenvalue weighted by molar-refractivity contribution is 6.05. The highest BCUT2D eigenvalue weighted by Gasteiger charge is 2.13. The smallest absolute Gasteiger partial charge is 0.256 e. The van der Waals surface area contributed by atoms with E-state index in [4.69, 9.17) is 5.26 Å². The summed E-state index contributed by atoms with van der Waals surface area (Å²) in [5, 5.41) is 18.5. The van der Waals surface area contributed by atoms with Crippen LogP contribution in [0.5, 0.6) is 0 Å². The topological polar surface area (TPSA) is 112 Å². The van der Waals surface area contributed by atoms with Gasteiger partial charge in [0.1, 0.15) is 11.9 Å². The molecule has 4 rings (SSSR count). The maximum absolute atomic E-state index is 12.6. The van der Waals surface area contributed by atoms with Crippen LogP contribution in [0.15, 0.2) is 67.1 Å². The van der Waals surface area contributed by atoms with Gasteiger partial charge in [0.2, 0.25) is 0 Å². The molecule has 0 aliphatic rings. The Hall–Kier alpha value is -4.51. The number of carbonyl (C=O) groups excluding carboxylic acids is 2. The summed E-state index contributed by atoms with van der Waals surface area (Å²) in [5.41, 5.74) is 3.89. The minimum Gasteiger partial charge on any atom is -0.355 e. The van der Waals surface area contributed by atoms with Crippen LogP contribution >= 0.6 is 0 Å². The van der Waals surface area contributed by atoms with Gasteiger partial charge in [0.25, 0.3) is 11.8 Å². The van der Waals surface area contributed by atoms with Crippen molar-refractivity contribution in [1.29, 1.82) is 5.26 Å². The Bertz CT molecular complexity index is 1280. The fraction of sp³-hybridized carbons (Fsp3) is 0.0455. The van der Waals surface area contributed by atoms with Gasteiger partial charge in [-0.15, -0.1) is 0 Å². The average Bonchev–Trinajstić information content (AvgIpc) is 3.22. The van der Waals surface area contributed by atoms with Crippen molar-refractivity contribution < 1.29 is 9.59 Å². The van der Waals surface area contributed by atoms with Crippen LogP contribution in [0, 0.1) is 11.3 Å². The second-order valence-electron chi connectivity index (χ2n) is 6.46. The number of nitriles is 1. The lowest BCUT2D eigenvalue weighted by Crippen LogP contribution is -2.17. The van der Waals surface area contributed by atoms with E-state index in [1.165, 1.54) is 6.20 Å². The van der Waals surface area contributed by atoms with Gasteiger partial charge in [-0.05, 0) is 42.0 Å². The molecule has 0 bridgehead atoms. The number of nitrogens with one attached hydrogen (secondary N) is 2. The molecule has 0 saturated carbocycles. The zero-order chi connectivity index (χ0) is 21.1. The predicted molar refractivity (Wildman–Crippen MR) is 111 cm³/mol. The third-order valence-electron chi connectivity index (χ3n) is 4.60. The quantitative estimate of drug-likeness (QED) is 0.551. The molecule has 0 spiro atoms. The number of anilines is 1. The van der Waals surface area contributed by atoms with Crippen molar-refractivity contribution in [3.8, 4) is 17.2 Å². The van der Waals surface area contributed by atoms with Gasteiger partial charge in [-0.1, -0.05) is 12.1 Å². The zero-order valence-electron chi connectivity index (χ0n) is 16.0. The third kappa shape index (κ3) is 3.59. The van der Waals surface area contributed by atoms with Crippen molar-refractivity contribution in [3.05, 3.63) is 83.8 Å². The maximum atomic E-state index is 12.6. The molecule has 8 heteroatoms. The van der Waals surface area contributed by atoms with Crippen molar-refractivity contribution in [2.45, 2.75) is 0 Å². The molecule has 3 aromatic heterocycles. The molecule has 4 aromatic rings. The van der Waals surface area contributed by atoms with Gasteiger partial charge in [0.15, 0.2) is 0 Å². The number of carbonyl (C=O) groups is 2. The Morgan fingerprint density at radius 1 is 1.00 bits per heavy atom. The lowest BCUT2D eigenvalue weighted by Gasteiger charge is -2.06. The normalized spacial score (nSPS) is 10.4. The largest absolute Gasteiger partial charge is 0.355 e. The summed E-state index contributed by atoms with van der Waals surface area (Å²) in [7, 11) is 1.58. The summed E-state index contributed by atoms with van der Waals surface area (Å²) in [6.07, 6.45) is 4.82. The molecule has 2 N–H and O–H groups in total. The van der Waals surface area contributed by atoms with E-state index in [9.17, 15) is 9.59 Å². The number of hydrogen-bond acceptors (Lipinski definition) is 5. The zero-order valence-corrected chi connectivity index (χ0v) is 16.0. The number of pyridine rings is 2. The Labute approximate surface area is 171 Å². The van der Waals surface area contributed by atoms with Gasteiger partial charge in [-0.25, -0.2) is 9.50 Å². The Kier molecular flexibility index (Phi) is 4.93. The predicted octanol–water partition coefficient (Wildman–Crippen LogP) is 2.88. The number of amides is 2. The molecule has 0 atom stereocenters. The molecule has 1 aromatic carbocycles. The van der Waals surface area contributed by atoms with Crippen LogP contribution in [0.1, 0.15) is 26.3 Å². The number of benzene rings is 1. The molecule has 8 nitrogen and oxygen atoms in total. The summed E-state index contributed by atoms with van der Waals surface area (Å²) in [6, 6.07) is 15.7. The van der Waals surface area contributed by atoms with Crippen LogP contribution in [0.25, 0.3) is 16.6 Å². The van der Waals surface area contributed by atoms with Crippen LogP contribution in [0.4, 0.5) is 5.82 Å². The van der Waals surface area contributed by atoms with E-state index < -0.39 is 0 Å². The molecule has 0 radical (unpaired) electrons. The van der Waals surface area contributed by atoms with E-state index in [-0.39, 0.29) is 11.8 Å². The lowest BCUT2D eigenvalue weighted by atomic mass is 10.0. The van der Waals surface area contributed by atoms with E-state index in [0.717, 1.165) is 16.6 Å². The first kappa shape index (κ1) is 18.8. The van der Waals surface area contributed by atoms with Gasteiger partial charge in [-0.2, -0.15) is 10.4 Å². The molecular weight excluding hydrogens is 380 g/mol. The molecule has 0 fully saturated rings. The SMILES string of the molecule is CNC(=O)c1ccc(-c2cnn3ccc(C(=O)Nc4ccc(C#N)cn4)cc23)cc1. The summed E-state index contributed by atoms with van der Waals surface area (Å²) in [4.78, 5) is 28.4. The fourth-order valence-corrected chi connectivity index (χ4v) is 3.01. The third-order valence-corrected chi connectivity index (χ3v) is 4.60. The van der Waals surface area contributed by atoms with Crippen LogP contribution in [-0.4, -0.2) is 33.5 Å². The van der Waals surface area contributed by atoms with E-state index in [1.54, 1.807) is 60.4 Å². The van der Waals surface area contributed by atoms with Crippen molar-refractivity contribution in [3.63, 3.8) is 0 Å². The van der Waals surface area contributed by atoms with Gasteiger partial charge < -0.3 is 10.6 Å². The van der Waals surface area contributed by atoms with Gasteiger partial charge in [0.05, 0.1) is 17.3 Å². The monoisotopic (exact) mass is 396 g/mol. The summed E-state index contributed by atoms with van der Waals surface area (Å²) >= 11 is 0. The first-order valence-electron chi connectivity index (χ1n) is 9.06. The van der Waals surface area contributed by atoms with Crippen molar-refractivity contribution in [2.24, 2.45) is 0 Å².